The summed E-state index contributed by atoms with van der Waals surface area (Å²) >= 11 is 0. The zero-order valence-corrected chi connectivity index (χ0v) is 12.6. The summed E-state index contributed by atoms with van der Waals surface area (Å²) in [6.45, 7) is 6.58. The van der Waals surface area contributed by atoms with Crippen LogP contribution in [0.15, 0.2) is 48.5 Å². The number of halogens is 1. The number of ether oxygens (including phenoxy) is 1. The third kappa shape index (κ3) is 5.20. The normalized spacial score (nSPS) is 10.9. The van der Waals surface area contributed by atoms with E-state index < -0.39 is 0 Å². The van der Waals surface area contributed by atoms with Crippen molar-refractivity contribution < 1.29 is 9.13 Å². The van der Waals surface area contributed by atoms with Gasteiger partial charge in [0.25, 0.3) is 0 Å². The molecule has 0 aliphatic rings. The van der Waals surface area contributed by atoms with Crippen LogP contribution < -0.4 is 10.1 Å². The summed E-state index contributed by atoms with van der Waals surface area (Å²) < 4.78 is 19.0. The van der Waals surface area contributed by atoms with Gasteiger partial charge < -0.3 is 10.1 Å². The fourth-order valence-electron chi connectivity index (χ4n) is 2.06. The standard InChI is InChI=1S/C18H22FNO/c1-14(2)11-20-12-15-6-5-7-16(10-15)13-21-18-9-4-3-8-17(18)19/h3-10,14,20H,11-13H2,1-2H3. The second-order valence-corrected chi connectivity index (χ2v) is 5.56. The van der Waals surface area contributed by atoms with E-state index in [1.165, 1.54) is 11.6 Å². The van der Waals surface area contributed by atoms with Crippen LogP contribution in [0.3, 0.4) is 0 Å². The smallest absolute Gasteiger partial charge is 0.165 e. The topological polar surface area (TPSA) is 21.3 Å². The van der Waals surface area contributed by atoms with E-state index in [1.807, 2.05) is 12.1 Å². The van der Waals surface area contributed by atoms with Crippen molar-refractivity contribution in [2.75, 3.05) is 6.54 Å². The zero-order valence-electron chi connectivity index (χ0n) is 12.6. The molecule has 2 aromatic carbocycles. The van der Waals surface area contributed by atoms with E-state index in [-0.39, 0.29) is 5.82 Å². The van der Waals surface area contributed by atoms with Gasteiger partial charge in [-0.3, -0.25) is 0 Å². The fraction of sp³-hybridized carbons (Fsp3) is 0.333. The molecule has 2 rings (SSSR count). The number of benzene rings is 2. The highest BCUT2D eigenvalue weighted by atomic mass is 19.1. The van der Waals surface area contributed by atoms with Crippen LogP contribution in [0.4, 0.5) is 4.39 Å². The zero-order chi connectivity index (χ0) is 15.1. The second kappa shape index (κ2) is 7.79. The van der Waals surface area contributed by atoms with Crippen molar-refractivity contribution in [1.29, 1.82) is 0 Å². The maximum absolute atomic E-state index is 13.5. The van der Waals surface area contributed by atoms with E-state index in [0.717, 1.165) is 18.7 Å². The molecule has 0 atom stereocenters. The first-order valence-corrected chi connectivity index (χ1v) is 7.31. The maximum atomic E-state index is 13.5. The Balaban J connectivity index is 1.90. The molecule has 0 amide bonds. The molecular formula is C18H22FNO. The van der Waals surface area contributed by atoms with Crippen LogP contribution in [-0.2, 0) is 13.2 Å². The van der Waals surface area contributed by atoms with Crippen molar-refractivity contribution in [2.45, 2.75) is 27.0 Å². The van der Waals surface area contributed by atoms with Crippen LogP contribution in [0.25, 0.3) is 0 Å². The van der Waals surface area contributed by atoms with Gasteiger partial charge in [0.1, 0.15) is 6.61 Å². The van der Waals surface area contributed by atoms with Gasteiger partial charge in [-0.05, 0) is 35.7 Å². The molecule has 0 heterocycles. The van der Waals surface area contributed by atoms with Gasteiger partial charge in [-0.15, -0.1) is 0 Å². The van der Waals surface area contributed by atoms with Crippen LogP contribution in [0.5, 0.6) is 5.75 Å². The quantitative estimate of drug-likeness (QED) is 0.826. The third-order valence-electron chi connectivity index (χ3n) is 3.10. The number of hydrogen-bond donors (Lipinski definition) is 1. The molecule has 0 saturated carbocycles. The number of rotatable bonds is 7. The minimum absolute atomic E-state index is 0.292. The van der Waals surface area contributed by atoms with E-state index in [9.17, 15) is 4.39 Å². The predicted molar refractivity (Wildman–Crippen MR) is 83.7 cm³/mol. The Bertz CT molecular complexity index is 569. The lowest BCUT2D eigenvalue weighted by Crippen LogP contribution is -2.19. The first-order valence-electron chi connectivity index (χ1n) is 7.31. The molecule has 0 spiro atoms. The summed E-state index contributed by atoms with van der Waals surface area (Å²) in [5.41, 5.74) is 2.26. The molecule has 2 aromatic rings. The fourth-order valence-corrected chi connectivity index (χ4v) is 2.06. The van der Waals surface area contributed by atoms with Gasteiger partial charge in [0.2, 0.25) is 0 Å². The summed E-state index contributed by atoms with van der Waals surface area (Å²) in [4.78, 5) is 0. The molecule has 112 valence electrons. The summed E-state index contributed by atoms with van der Waals surface area (Å²) in [5.74, 6) is 0.602. The molecule has 0 aromatic heterocycles. The van der Waals surface area contributed by atoms with E-state index in [2.05, 4.69) is 31.3 Å². The lowest BCUT2D eigenvalue weighted by molar-refractivity contribution is 0.290. The summed E-state index contributed by atoms with van der Waals surface area (Å²) in [5, 5.41) is 3.41. The van der Waals surface area contributed by atoms with Gasteiger partial charge in [0.05, 0.1) is 0 Å². The molecule has 21 heavy (non-hydrogen) atoms. The monoisotopic (exact) mass is 287 g/mol. The largest absolute Gasteiger partial charge is 0.486 e. The van der Waals surface area contributed by atoms with Crippen LogP contribution in [0, 0.1) is 11.7 Å². The Morgan fingerprint density at radius 2 is 1.81 bits per heavy atom. The molecule has 1 N–H and O–H groups in total. The van der Waals surface area contributed by atoms with Crippen LogP contribution in [-0.4, -0.2) is 6.54 Å². The maximum Gasteiger partial charge on any atom is 0.165 e. The van der Waals surface area contributed by atoms with Crippen LogP contribution in [0.2, 0.25) is 0 Å². The molecule has 0 aliphatic heterocycles. The molecule has 0 unspecified atom stereocenters. The Kier molecular flexibility index (Phi) is 5.76. The Labute approximate surface area is 126 Å². The average Bonchev–Trinajstić information content (AvgIpc) is 2.46. The van der Waals surface area contributed by atoms with E-state index >= 15 is 0 Å². The number of hydrogen-bond acceptors (Lipinski definition) is 2. The van der Waals surface area contributed by atoms with E-state index in [0.29, 0.717) is 18.3 Å². The van der Waals surface area contributed by atoms with Gasteiger partial charge >= 0.3 is 0 Å². The van der Waals surface area contributed by atoms with Crippen molar-refractivity contribution in [3.63, 3.8) is 0 Å². The first-order chi connectivity index (χ1) is 10.1. The SMILES string of the molecule is CC(C)CNCc1cccc(COc2ccccc2F)c1. The highest BCUT2D eigenvalue weighted by Crippen LogP contribution is 2.17. The van der Waals surface area contributed by atoms with Gasteiger partial charge in [-0.2, -0.15) is 0 Å². The van der Waals surface area contributed by atoms with Crippen molar-refractivity contribution in [3.05, 3.63) is 65.5 Å². The molecule has 2 nitrogen and oxygen atoms in total. The minimum atomic E-state index is -0.327. The van der Waals surface area contributed by atoms with Gasteiger partial charge in [-0.25, -0.2) is 4.39 Å². The lowest BCUT2D eigenvalue weighted by Gasteiger charge is -2.10. The third-order valence-corrected chi connectivity index (χ3v) is 3.10. The summed E-state index contributed by atoms with van der Waals surface area (Å²) in [6, 6.07) is 14.6. The van der Waals surface area contributed by atoms with Crippen molar-refractivity contribution in [2.24, 2.45) is 5.92 Å². The molecular weight excluding hydrogens is 265 g/mol. The van der Waals surface area contributed by atoms with Gasteiger partial charge in [-0.1, -0.05) is 50.2 Å². The summed E-state index contributed by atoms with van der Waals surface area (Å²) in [6.07, 6.45) is 0. The number of para-hydroxylation sites is 1. The molecule has 0 radical (unpaired) electrons. The van der Waals surface area contributed by atoms with Gasteiger partial charge in [0.15, 0.2) is 11.6 Å². The van der Waals surface area contributed by atoms with Gasteiger partial charge in [0, 0.05) is 6.54 Å². The molecule has 0 saturated heterocycles. The average molecular weight is 287 g/mol. The minimum Gasteiger partial charge on any atom is -0.486 e. The lowest BCUT2D eigenvalue weighted by atomic mass is 10.1. The van der Waals surface area contributed by atoms with Crippen molar-refractivity contribution >= 4 is 0 Å². The molecule has 3 heteroatoms. The van der Waals surface area contributed by atoms with Crippen LogP contribution in [0.1, 0.15) is 25.0 Å². The van der Waals surface area contributed by atoms with Crippen LogP contribution >= 0.6 is 0 Å². The second-order valence-electron chi connectivity index (χ2n) is 5.56. The molecule has 0 bridgehead atoms. The Morgan fingerprint density at radius 1 is 1.05 bits per heavy atom. The predicted octanol–water partition coefficient (Wildman–Crippen LogP) is 4.15. The Hall–Kier alpha value is -1.87. The van der Waals surface area contributed by atoms with Crippen molar-refractivity contribution in [3.8, 4) is 5.75 Å². The van der Waals surface area contributed by atoms with E-state index in [1.54, 1.807) is 18.2 Å². The first kappa shape index (κ1) is 15.5. The molecule has 0 aliphatic carbocycles. The number of nitrogens with one attached hydrogen (secondary N) is 1. The van der Waals surface area contributed by atoms with Crippen molar-refractivity contribution in [1.82, 2.24) is 5.32 Å². The van der Waals surface area contributed by atoms with E-state index in [4.69, 9.17) is 4.74 Å². The highest BCUT2D eigenvalue weighted by Gasteiger charge is 2.03. The molecule has 0 fully saturated rings. The summed E-state index contributed by atoms with van der Waals surface area (Å²) in [7, 11) is 0. The Morgan fingerprint density at radius 3 is 2.57 bits per heavy atom. The highest BCUT2D eigenvalue weighted by molar-refractivity contribution is 5.26.